The van der Waals surface area contributed by atoms with E-state index in [1.807, 2.05) is 12.1 Å². The van der Waals surface area contributed by atoms with Crippen LogP contribution in [0.2, 0.25) is 0 Å². The van der Waals surface area contributed by atoms with Crippen molar-refractivity contribution < 1.29 is 13.2 Å². The lowest BCUT2D eigenvalue weighted by Crippen LogP contribution is -2.13. The number of aryl methyl sites for hydroxylation is 1. The van der Waals surface area contributed by atoms with Gasteiger partial charge in [0.1, 0.15) is 5.82 Å². The summed E-state index contributed by atoms with van der Waals surface area (Å²) in [5, 5.41) is 0.171. The third-order valence-electron chi connectivity index (χ3n) is 7.49. The van der Waals surface area contributed by atoms with Crippen LogP contribution < -0.4 is 0 Å². The van der Waals surface area contributed by atoms with Crippen LogP contribution in [0.4, 0.5) is 13.2 Å². The molecule has 33 heavy (non-hydrogen) atoms. The molecule has 0 radical (unpaired) electrons. The zero-order valence-corrected chi connectivity index (χ0v) is 19.9. The quantitative estimate of drug-likeness (QED) is 0.298. The van der Waals surface area contributed by atoms with Gasteiger partial charge in [0.25, 0.3) is 0 Å². The highest BCUT2D eigenvalue weighted by atomic mass is 19.2. The van der Waals surface area contributed by atoms with Gasteiger partial charge in [-0.1, -0.05) is 75.9 Å². The van der Waals surface area contributed by atoms with Gasteiger partial charge in [-0.15, -0.1) is 0 Å². The van der Waals surface area contributed by atoms with E-state index < -0.39 is 17.5 Å². The molecule has 0 aromatic heterocycles. The average molecular weight is 453 g/mol. The van der Waals surface area contributed by atoms with Crippen LogP contribution in [-0.4, -0.2) is 0 Å². The molecule has 0 nitrogen and oxygen atoms in total. The Morgan fingerprint density at radius 1 is 0.758 bits per heavy atom. The Bertz CT molecular complexity index is 1080. The molecule has 1 fully saturated rings. The fourth-order valence-electron chi connectivity index (χ4n) is 5.52. The Morgan fingerprint density at radius 2 is 1.48 bits per heavy atom. The Morgan fingerprint density at radius 3 is 2.15 bits per heavy atom. The molecule has 176 valence electrons. The molecule has 0 saturated heterocycles. The van der Waals surface area contributed by atoms with Gasteiger partial charge >= 0.3 is 0 Å². The minimum Gasteiger partial charge on any atom is -0.206 e. The van der Waals surface area contributed by atoms with E-state index in [2.05, 4.69) is 26.0 Å². The number of rotatable bonds is 8. The first-order valence-corrected chi connectivity index (χ1v) is 12.7. The summed E-state index contributed by atoms with van der Waals surface area (Å²) in [7, 11) is 0. The van der Waals surface area contributed by atoms with Gasteiger partial charge in [-0.05, 0) is 78.5 Å². The first-order chi connectivity index (χ1) is 16.0. The monoisotopic (exact) mass is 452 g/mol. The standard InChI is InChI=1S/C30H35F3/c1-3-5-6-8-24-17-18-25-19-26(29(32)30(33)27(25)28(24)31)23-15-13-22(14-16-23)21-11-9-20(7-4-2)10-12-21/h13-21H,3-12H2,1-2H3. The van der Waals surface area contributed by atoms with Gasteiger partial charge in [-0.2, -0.15) is 0 Å². The number of fused-ring (bicyclic) bond motifs is 1. The molecule has 3 aromatic carbocycles. The number of hydrogen-bond donors (Lipinski definition) is 0. The van der Waals surface area contributed by atoms with Gasteiger partial charge in [0.15, 0.2) is 11.6 Å². The van der Waals surface area contributed by atoms with Crippen LogP contribution in [0.3, 0.4) is 0 Å². The highest BCUT2D eigenvalue weighted by Gasteiger charge is 2.23. The summed E-state index contributed by atoms with van der Waals surface area (Å²) >= 11 is 0. The molecule has 0 heterocycles. The van der Waals surface area contributed by atoms with Crippen LogP contribution in [-0.2, 0) is 6.42 Å². The molecule has 0 unspecified atom stereocenters. The molecule has 0 bridgehead atoms. The van der Waals surface area contributed by atoms with E-state index >= 15 is 8.78 Å². The SMILES string of the molecule is CCCCCc1ccc2cc(-c3ccc(C4CCC(CCC)CC4)cc3)c(F)c(F)c2c1F. The second-order valence-electron chi connectivity index (χ2n) is 9.77. The van der Waals surface area contributed by atoms with Crippen LogP contribution in [0, 0.1) is 23.4 Å². The molecule has 1 aliphatic carbocycles. The fraction of sp³-hybridized carbons (Fsp3) is 0.467. The third-order valence-corrected chi connectivity index (χ3v) is 7.49. The number of halogens is 3. The predicted octanol–water partition coefficient (Wildman–Crippen LogP) is 9.73. The Balaban J connectivity index is 1.58. The lowest BCUT2D eigenvalue weighted by Gasteiger charge is -2.28. The summed E-state index contributed by atoms with van der Waals surface area (Å²) in [5.41, 5.74) is 2.55. The summed E-state index contributed by atoms with van der Waals surface area (Å²) in [6.07, 6.45) is 10.9. The van der Waals surface area contributed by atoms with E-state index in [1.54, 1.807) is 18.2 Å². The number of hydrogen-bond acceptors (Lipinski definition) is 0. The van der Waals surface area contributed by atoms with Crippen LogP contribution in [0.25, 0.3) is 21.9 Å². The second kappa shape index (κ2) is 10.8. The van der Waals surface area contributed by atoms with Crippen LogP contribution in [0.15, 0.2) is 42.5 Å². The van der Waals surface area contributed by atoms with E-state index in [-0.39, 0.29) is 10.9 Å². The molecule has 0 atom stereocenters. The lowest BCUT2D eigenvalue weighted by atomic mass is 9.77. The maximum Gasteiger partial charge on any atom is 0.170 e. The minimum absolute atomic E-state index is 0.191. The Hall–Kier alpha value is -2.29. The molecule has 1 aliphatic rings. The molecule has 0 spiro atoms. The van der Waals surface area contributed by atoms with Crippen molar-refractivity contribution in [3.8, 4) is 11.1 Å². The molecular formula is C30H35F3. The maximum atomic E-state index is 15.1. The molecule has 3 heteroatoms. The second-order valence-corrected chi connectivity index (χ2v) is 9.77. The van der Waals surface area contributed by atoms with Gasteiger partial charge < -0.3 is 0 Å². The van der Waals surface area contributed by atoms with Crippen molar-refractivity contribution in [1.29, 1.82) is 0 Å². The van der Waals surface area contributed by atoms with Crippen LogP contribution >= 0.6 is 0 Å². The zero-order valence-electron chi connectivity index (χ0n) is 19.9. The minimum atomic E-state index is -1.09. The van der Waals surface area contributed by atoms with Crippen molar-refractivity contribution >= 4 is 10.8 Å². The van der Waals surface area contributed by atoms with E-state index in [0.29, 0.717) is 28.9 Å². The summed E-state index contributed by atoms with van der Waals surface area (Å²) < 4.78 is 45.1. The summed E-state index contributed by atoms with van der Waals surface area (Å²) in [6, 6.07) is 12.9. The van der Waals surface area contributed by atoms with E-state index in [1.165, 1.54) is 44.1 Å². The molecule has 1 saturated carbocycles. The van der Waals surface area contributed by atoms with Crippen LogP contribution in [0.1, 0.15) is 88.7 Å². The normalized spacial score (nSPS) is 18.7. The Kier molecular flexibility index (Phi) is 7.78. The van der Waals surface area contributed by atoms with E-state index in [9.17, 15) is 4.39 Å². The smallest absolute Gasteiger partial charge is 0.170 e. The Labute approximate surface area is 196 Å². The van der Waals surface area contributed by atoms with E-state index in [0.717, 1.165) is 25.2 Å². The van der Waals surface area contributed by atoms with Crippen molar-refractivity contribution in [3.05, 3.63) is 71.0 Å². The molecule has 0 aliphatic heterocycles. The number of benzene rings is 3. The number of unbranched alkanes of at least 4 members (excludes halogenated alkanes) is 2. The van der Waals surface area contributed by atoms with Crippen molar-refractivity contribution in [2.45, 2.75) is 84.0 Å². The highest BCUT2D eigenvalue weighted by molar-refractivity contribution is 5.89. The average Bonchev–Trinajstić information content (AvgIpc) is 2.83. The topological polar surface area (TPSA) is 0 Å². The highest BCUT2D eigenvalue weighted by Crippen LogP contribution is 2.39. The van der Waals surface area contributed by atoms with Gasteiger partial charge in [-0.3, -0.25) is 0 Å². The van der Waals surface area contributed by atoms with Crippen LogP contribution in [0.5, 0.6) is 0 Å². The van der Waals surface area contributed by atoms with Crippen molar-refractivity contribution in [1.82, 2.24) is 0 Å². The van der Waals surface area contributed by atoms with Crippen molar-refractivity contribution in [3.63, 3.8) is 0 Å². The summed E-state index contributed by atoms with van der Waals surface area (Å²) in [5.74, 6) is -1.28. The van der Waals surface area contributed by atoms with Crippen molar-refractivity contribution in [2.75, 3.05) is 0 Å². The molecule has 3 aromatic rings. The largest absolute Gasteiger partial charge is 0.206 e. The fourth-order valence-corrected chi connectivity index (χ4v) is 5.52. The molecule has 4 rings (SSSR count). The molecule has 0 amide bonds. The maximum absolute atomic E-state index is 15.1. The first-order valence-electron chi connectivity index (χ1n) is 12.7. The predicted molar refractivity (Wildman–Crippen MR) is 132 cm³/mol. The first kappa shape index (κ1) is 23.9. The molecular weight excluding hydrogens is 417 g/mol. The molecule has 0 N–H and O–H groups in total. The zero-order chi connectivity index (χ0) is 23.4. The van der Waals surface area contributed by atoms with E-state index in [4.69, 9.17) is 0 Å². The van der Waals surface area contributed by atoms with Crippen molar-refractivity contribution in [2.24, 2.45) is 5.92 Å². The lowest BCUT2D eigenvalue weighted by molar-refractivity contribution is 0.308. The van der Waals surface area contributed by atoms with Gasteiger partial charge in [0.2, 0.25) is 0 Å². The summed E-state index contributed by atoms with van der Waals surface area (Å²) in [4.78, 5) is 0. The van der Waals surface area contributed by atoms with Gasteiger partial charge in [0, 0.05) is 5.56 Å². The third kappa shape index (κ3) is 5.13. The summed E-state index contributed by atoms with van der Waals surface area (Å²) in [6.45, 7) is 4.33. The van der Waals surface area contributed by atoms with Gasteiger partial charge in [0.05, 0.1) is 5.39 Å². The van der Waals surface area contributed by atoms with Gasteiger partial charge in [-0.25, -0.2) is 13.2 Å².